The average molecular weight is 1340 g/mol. The lowest BCUT2D eigenvalue weighted by atomic mass is 10.1. The molecular formula is C47H44N10O21S8. The molecule has 0 saturated heterocycles. The Balaban J connectivity index is 1.20. The molecule has 3 aromatic heterocycles. The van der Waals surface area contributed by atoms with E-state index in [9.17, 15) is 88.2 Å². The number of pyridine rings is 1. The van der Waals surface area contributed by atoms with Crippen LogP contribution >= 0.6 is 23.1 Å². The molecule has 0 aliphatic heterocycles. The van der Waals surface area contributed by atoms with Crippen LogP contribution in [0.3, 0.4) is 0 Å². The van der Waals surface area contributed by atoms with Crippen LogP contribution < -0.4 is 9.47 Å². The standard InChI is InChI=1S/C47H44N10O21S8/c1-24-17-33(53-55-40-26(3)29(23-48)45-49-30-9-4-5-10-35(30)57(45)46(40)58)36(77-11-6-14-81(59,60)61)21-31(24)51-54-34-18-25(2)32(22-37(34)79-13-8-16-83(65,66)67)52-56-47-50-41-38(84(68,69)70)19-27-28(43(41)80-47)20-39(85(71,72)73)44(86(74,75)76)42(27)78-12-7-15-82(62,63)64/h4-5,9-10,17-22,58H,6-8,11-16H2,1-3H3,(H,59,60,61)(H,62,63,64)(H,65,66,67)(H,68,69,70)(H,71,72,73)(H,74,75,76). The topological polar surface area (TPSA) is 493 Å². The molecule has 39 heteroatoms. The van der Waals surface area contributed by atoms with Crippen LogP contribution in [0.1, 0.15) is 41.5 Å². The van der Waals surface area contributed by atoms with Crippen LogP contribution in [0, 0.1) is 32.1 Å². The van der Waals surface area contributed by atoms with Crippen molar-refractivity contribution in [2.45, 2.75) is 59.6 Å². The largest absolute Gasteiger partial charge is 0.493 e. The molecule has 456 valence electrons. The number of hydrogen-bond acceptors (Lipinski definition) is 26. The molecule has 0 saturated carbocycles. The van der Waals surface area contributed by atoms with Crippen molar-refractivity contribution >= 4 is 155 Å². The van der Waals surface area contributed by atoms with Gasteiger partial charge in [0.05, 0.1) is 63.3 Å². The van der Waals surface area contributed by atoms with Gasteiger partial charge < -0.3 is 14.6 Å². The zero-order valence-electron chi connectivity index (χ0n) is 44.2. The van der Waals surface area contributed by atoms with Crippen LogP contribution in [0.4, 0.5) is 33.6 Å². The second-order valence-electron chi connectivity index (χ2n) is 18.4. The third kappa shape index (κ3) is 15.1. The first-order valence-electron chi connectivity index (χ1n) is 24.2. The smallest absolute Gasteiger partial charge is 0.299 e. The third-order valence-electron chi connectivity index (χ3n) is 12.2. The van der Waals surface area contributed by atoms with Gasteiger partial charge in [-0.15, -0.1) is 37.3 Å². The number of benzene rings is 5. The maximum absolute atomic E-state index is 12.9. The fourth-order valence-electron chi connectivity index (χ4n) is 8.36. The van der Waals surface area contributed by atoms with Gasteiger partial charge in [0.1, 0.15) is 44.1 Å². The second kappa shape index (κ2) is 24.8. The lowest BCUT2D eigenvalue weighted by Crippen LogP contribution is -2.14. The third-order valence-corrected chi connectivity index (χ3v) is 19.5. The van der Waals surface area contributed by atoms with Crippen molar-refractivity contribution in [3.05, 3.63) is 82.9 Å². The minimum Gasteiger partial charge on any atom is -0.493 e. The van der Waals surface area contributed by atoms with Crippen molar-refractivity contribution in [2.24, 2.45) is 30.7 Å². The molecule has 0 atom stereocenters. The van der Waals surface area contributed by atoms with Gasteiger partial charge in [0.2, 0.25) is 11.0 Å². The Morgan fingerprint density at radius 2 is 1.19 bits per heavy atom. The summed E-state index contributed by atoms with van der Waals surface area (Å²) < 4.78 is 217. The number of imidazole rings is 1. The van der Waals surface area contributed by atoms with Gasteiger partial charge in [0, 0.05) is 27.3 Å². The van der Waals surface area contributed by atoms with Gasteiger partial charge in [-0.25, -0.2) is 9.97 Å². The van der Waals surface area contributed by atoms with E-state index in [0.717, 1.165) is 11.8 Å². The first-order chi connectivity index (χ1) is 40.0. The number of ether oxygens (including phenoxy) is 2. The number of nitrogens with zero attached hydrogens (tertiary/aromatic N) is 10. The molecule has 0 fully saturated rings. The lowest BCUT2D eigenvalue weighted by Gasteiger charge is -2.16. The number of aromatic nitrogens is 3. The van der Waals surface area contributed by atoms with E-state index in [2.05, 4.69) is 46.7 Å². The van der Waals surface area contributed by atoms with Crippen LogP contribution in [0.5, 0.6) is 17.4 Å². The van der Waals surface area contributed by atoms with Gasteiger partial charge in [-0.2, -0.15) is 60.9 Å². The number of thiazole rings is 1. The fraction of sp³-hybridized carbons (Fsp3) is 0.255. The number of rotatable bonds is 24. The summed E-state index contributed by atoms with van der Waals surface area (Å²) in [7, 11) is -30.1. The van der Waals surface area contributed by atoms with Crippen molar-refractivity contribution in [1.29, 1.82) is 5.26 Å². The van der Waals surface area contributed by atoms with Crippen molar-refractivity contribution in [1.82, 2.24) is 14.4 Å². The van der Waals surface area contributed by atoms with Crippen molar-refractivity contribution in [3.8, 4) is 23.4 Å². The van der Waals surface area contributed by atoms with E-state index in [1.54, 1.807) is 45.0 Å². The predicted octanol–water partition coefficient (Wildman–Crippen LogP) is 9.42. The predicted molar refractivity (Wildman–Crippen MR) is 310 cm³/mol. The van der Waals surface area contributed by atoms with Gasteiger partial charge in [-0.1, -0.05) is 23.5 Å². The molecule has 8 aromatic rings. The molecule has 86 heavy (non-hydrogen) atoms. The average Bonchev–Trinajstić information content (AvgIpc) is 1.33. The molecule has 0 bridgehead atoms. The Bertz CT molecular complexity index is 4970. The minimum atomic E-state index is -5.71. The first-order valence-corrected chi connectivity index (χ1v) is 35.2. The summed E-state index contributed by atoms with van der Waals surface area (Å²) in [6, 6.07) is 15.9. The summed E-state index contributed by atoms with van der Waals surface area (Å²) in [4.78, 5) is 4.83. The SMILES string of the molecule is Cc1cc(N=Nc2cc(OCCCS(=O)(=O)O)c(N=Nc3c(C)c(C#N)c4nc5ccccc5n4c3O)cc2C)c(SCCCS(=O)(=O)O)cc1N=Nc1nc2c(S(=O)(=O)O)cc3c(OCCCS(=O)(=O)O)c(S(=O)(=O)O)c(S(=O)(=O)O)cc3c2s1. The van der Waals surface area contributed by atoms with Gasteiger partial charge in [-0.05, 0) is 99.4 Å². The normalized spacial score (nSPS) is 13.2. The van der Waals surface area contributed by atoms with Crippen molar-refractivity contribution in [2.75, 3.05) is 36.2 Å². The summed E-state index contributed by atoms with van der Waals surface area (Å²) >= 11 is 1.53. The number of azo groups is 3. The van der Waals surface area contributed by atoms with E-state index in [1.165, 1.54) is 28.7 Å². The molecule has 3 heterocycles. The number of para-hydroxylation sites is 2. The van der Waals surface area contributed by atoms with E-state index in [1.807, 2.05) is 0 Å². The molecular weight excluding hydrogens is 1300 g/mol. The van der Waals surface area contributed by atoms with Gasteiger partial charge in [0.25, 0.3) is 60.7 Å². The minimum absolute atomic E-state index is 0.0296. The molecule has 0 unspecified atom stereocenters. The summed E-state index contributed by atoms with van der Waals surface area (Å²) in [6.45, 7) is 3.62. The van der Waals surface area contributed by atoms with Crippen molar-refractivity contribution in [3.63, 3.8) is 0 Å². The second-order valence-corrected chi connectivity index (χ2v) is 29.4. The molecule has 0 spiro atoms. The molecule has 0 aliphatic rings. The summed E-state index contributed by atoms with van der Waals surface area (Å²) in [5.41, 5.74) is 1.94. The number of nitriles is 1. The Morgan fingerprint density at radius 1 is 0.628 bits per heavy atom. The highest BCUT2D eigenvalue weighted by molar-refractivity contribution is 7.99. The number of aryl methyl sites for hydroxylation is 2. The molecule has 31 nitrogen and oxygen atoms in total. The molecule has 8 rings (SSSR count). The first kappa shape index (κ1) is 64.7. The van der Waals surface area contributed by atoms with Gasteiger partial charge in [-0.3, -0.25) is 31.7 Å². The van der Waals surface area contributed by atoms with Gasteiger partial charge in [0.15, 0.2) is 16.2 Å². The Labute approximate surface area is 496 Å². The maximum atomic E-state index is 12.9. The lowest BCUT2D eigenvalue weighted by molar-refractivity contribution is 0.308. The molecule has 5 aromatic carbocycles. The van der Waals surface area contributed by atoms with E-state index < -0.39 is 133 Å². The number of aromatic hydroxyl groups is 1. The van der Waals surface area contributed by atoms with Crippen LogP contribution in [-0.2, 0) is 60.7 Å². The van der Waals surface area contributed by atoms with Gasteiger partial charge >= 0.3 is 0 Å². The van der Waals surface area contributed by atoms with E-state index in [4.69, 9.17) is 9.47 Å². The van der Waals surface area contributed by atoms with Crippen LogP contribution in [0.15, 0.2) is 111 Å². The fourth-order valence-corrected chi connectivity index (χ4v) is 14.6. The van der Waals surface area contributed by atoms with Crippen LogP contribution in [0.2, 0.25) is 0 Å². The zero-order chi connectivity index (χ0) is 63.1. The number of thioether (sulfide) groups is 1. The van der Waals surface area contributed by atoms with E-state index >= 15 is 0 Å². The Hall–Kier alpha value is -7.30. The highest BCUT2D eigenvalue weighted by atomic mass is 32.2. The molecule has 0 aliphatic carbocycles. The highest BCUT2D eigenvalue weighted by Gasteiger charge is 2.34. The molecule has 0 radical (unpaired) electrons. The maximum Gasteiger partial charge on any atom is 0.299 e. The summed E-state index contributed by atoms with van der Waals surface area (Å²) in [5, 5.41) is 46.2. The monoisotopic (exact) mass is 1340 g/mol. The van der Waals surface area contributed by atoms with Crippen LogP contribution in [0.25, 0.3) is 37.7 Å². The molecule has 0 amide bonds. The number of fused-ring (bicyclic) bond motifs is 6. The summed E-state index contributed by atoms with van der Waals surface area (Å²) in [6.07, 6.45) is -0.832. The highest BCUT2D eigenvalue weighted by Crippen LogP contribution is 2.47. The van der Waals surface area contributed by atoms with E-state index in [0.29, 0.717) is 45.6 Å². The van der Waals surface area contributed by atoms with Crippen LogP contribution in [-0.4, -0.2) is 134 Å². The Kier molecular flexibility index (Phi) is 18.7. The zero-order valence-corrected chi connectivity index (χ0v) is 50.8. The number of hydrogen-bond donors (Lipinski definition) is 7. The quantitative estimate of drug-likeness (QED) is 0.0128. The molecule has 7 N–H and O–H groups in total. The summed E-state index contributed by atoms with van der Waals surface area (Å²) in [5.74, 6) is -3.73. The van der Waals surface area contributed by atoms with E-state index in [-0.39, 0.29) is 91.6 Å². The Morgan fingerprint density at radius 3 is 1.80 bits per heavy atom. The van der Waals surface area contributed by atoms with Crippen molar-refractivity contribution < 1.29 is 92.4 Å².